The number of hydrogen-bond acceptors (Lipinski definition) is 14. The zero-order chi connectivity index (χ0) is 31.7. The van der Waals surface area contributed by atoms with E-state index in [1.165, 1.54) is 0 Å². The molecule has 1 saturated heterocycles. The second-order valence-corrected chi connectivity index (χ2v) is 12.0. The average Bonchev–Trinajstić information content (AvgIpc) is 2.98. The summed E-state index contributed by atoms with van der Waals surface area (Å²) in [4.78, 5) is 12.6. The summed E-state index contributed by atoms with van der Waals surface area (Å²) in [5.41, 5.74) is 23.7. The second kappa shape index (κ2) is 17.3. The number of amides is 1. The van der Waals surface area contributed by atoms with Crippen LogP contribution in [0.15, 0.2) is 11.8 Å². The third-order valence-electron chi connectivity index (χ3n) is 8.59. The molecule has 250 valence electrons. The van der Waals surface area contributed by atoms with Gasteiger partial charge in [-0.25, -0.2) is 0 Å². The van der Waals surface area contributed by atoms with E-state index in [0.29, 0.717) is 44.7 Å². The summed E-state index contributed by atoms with van der Waals surface area (Å²) >= 11 is 0. The van der Waals surface area contributed by atoms with E-state index >= 15 is 0 Å². The van der Waals surface area contributed by atoms with Gasteiger partial charge < -0.3 is 72.9 Å². The van der Waals surface area contributed by atoms with Crippen molar-refractivity contribution in [3.8, 4) is 0 Å². The highest BCUT2D eigenvalue weighted by Crippen LogP contribution is 2.33. The normalized spacial score (nSPS) is 38.1. The van der Waals surface area contributed by atoms with E-state index in [4.69, 9.17) is 41.9 Å². The molecule has 43 heavy (non-hydrogen) atoms. The Balaban J connectivity index is 1.69. The average molecular weight is 619 g/mol. The number of ether oxygens (including phenoxy) is 4. The zero-order valence-electron chi connectivity index (χ0n) is 25.3. The molecule has 0 radical (unpaired) electrons. The van der Waals surface area contributed by atoms with Crippen molar-refractivity contribution in [2.75, 3.05) is 32.8 Å². The van der Waals surface area contributed by atoms with E-state index in [2.05, 4.69) is 10.6 Å². The summed E-state index contributed by atoms with van der Waals surface area (Å²) in [7, 11) is 0. The lowest BCUT2D eigenvalue weighted by atomic mass is 9.82. The number of aliphatic hydroxyl groups excluding tert-OH is 4. The number of hydrogen-bond donors (Lipinski definition) is 10. The third kappa shape index (κ3) is 9.76. The van der Waals surface area contributed by atoms with Crippen LogP contribution in [0, 0.1) is 11.8 Å². The molecule has 2 fully saturated rings. The van der Waals surface area contributed by atoms with Crippen LogP contribution in [0.4, 0.5) is 0 Å². The highest BCUT2D eigenvalue weighted by Gasteiger charge is 2.49. The second-order valence-electron chi connectivity index (χ2n) is 12.0. The van der Waals surface area contributed by atoms with Crippen LogP contribution in [-0.2, 0) is 23.7 Å². The predicted octanol–water partition coefficient (Wildman–Crippen LogP) is -3.32. The Morgan fingerprint density at radius 2 is 1.81 bits per heavy atom. The molecule has 0 aromatic heterocycles. The maximum absolute atomic E-state index is 12.6. The number of rotatable bonds is 15. The molecule has 1 amide bonds. The van der Waals surface area contributed by atoms with Gasteiger partial charge in [0.05, 0.1) is 31.3 Å². The number of nitrogens with two attached hydrogens (primary N) is 4. The molecular formula is C28H54N6O9. The first-order valence-corrected chi connectivity index (χ1v) is 15.4. The Bertz CT molecular complexity index is 888. The van der Waals surface area contributed by atoms with Gasteiger partial charge >= 0.3 is 0 Å². The maximum atomic E-state index is 12.6. The van der Waals surface area contributed by atoms with Crippen molar-refractivity contribution in [2.24, 2.45) is 34.8 Å². The van der Waals surface area contributed by atoms with Crippen LogP contribution in [0.1, 0.15) is 46.0 Å². The largest absolute Gasteiger partial charge is 0.467 e. The number of carbonyl (C=O) groups excluding carboxylic acids is 1. The van der Waals surface area contributed by atoms with Gasteiger partial charge in [0.2, 0.25) is 12.2 Å². The van der Waals surface area contributed by atoms with Crippen LogP contribution < -0.4 is 33.6 Å². The van der Waals surface area contributed by atoms with Crippen LogP contribution >= 0.6 is 0 Å². The van der Waals surface area contributed by atoms with Crippen molar-refractivity contribution in [2.45, 2.75) is 113 Å². The lowest BCUT2D eigenvalue weighted by Crippen LogP contribution is -2.67. The van der Waals surface area contributed by atoms with Gasteiger partial charge in [0.1, 0.15) is 36.3 Å². The fourth-order valence-electron chi connectivity index (χ4n) is 5.90. The van der Waals surface area contributed by atoms with E-state index in [1.54, 1.807) is 0 Å². The molecule has 0 spiro atoms. The Hall–Kier alpha value is -1.47. The lowest BCUT2D eigenvalue weighted by Gasteiger charge is -2.47. The topological polar surface area (TPSA) is 263 Å². The Kier molecular flexibility index (Phi) is 14.5. The van der Waals surface area contributed by atoms with Gasteiger partial charge in [-0.3, -0.25) is 4.79 Å². The van der Waals surface area contributed by atoms with Crippen molar-refractivity contribution in [3.05, 3.63) is 11.8 Å². The van der Waals surface area contributed by atoms with Crippen LogP contribution in [0.3, 0.4) is 0 Å². The first kappa shape index (κ1) is 36.0. The van der Waals surface area contributed by atoms with Gasteiger partial charge in [0.15, 0.2) is 6.29 Å². The summed E-state index contributed by atoms with van der Waals surface area (Å²) < 4.78 is 24.2. The standard InChI is InChI=1S/C28H54N6O9/c1-3-17-14(2)13-40-28(22(17)37)43-25-20(34-26(39)21(36)11-30)9-19(32)24(23(25)38)42-27-18(31)7-6-16(41-27)12-33-8-4-5-15(35)10-29/h6,14-15,17-25,27-28,33,35-38H,3-5,7-13,29-32H2,1-2H3,(H,34,39)/t14-,15?,17+,18-,19?,20?,21+,22?,23+,24-,25+,27-,28?/m1/s1. The number of aliphatic hydroxyl groups is 4. The molecule has 0 aromatic rings. The van der Waals surface area contributed by atoms with E-state index in [-0.39, 0.29) is 31.3 Å². The molecule has 5 unspecified atom stereocenters. The van der Waals surface area contributed by atoms with Gasteiger partial charge in [-0.2, -0.15) is 0 Å². The predicted molar refractivity (Wildman–Crippen MR) is 157 cm³/mol. The van der Waals surface area contributed by atoms with Crippen molar-refractivity contribution < 1.29 is 44.2 Å². The lowest BCUT2D eigenvalue weighted by molar-refractivity contribution is -0.293. The monoisotopic (exact) mass is 618 g/mol. The third-order valence-corrected chi connectivity index (χ3v) is 8.59. The summed E-state index contributed by atoms with van der Waals surface area (Å²) in [5.74, 6) is -0.0891. The number of carbonyl (C=O) groups is 1. The molecule has 2 aliphatic heterocycles. The van der Waals surface area contributed by atoms with Crippen molar-refractivity contribution >= 4 is 5.91 Å². The van der Waals surface area contributed by atoms with Gasteiger partial charge in [0, 0.05) is 19.1 Å². The highest BCUT2D eigenvalue weighted by molar-refractivity contribution is 5.81. The number of nitrogens with one attached hydrogen (secondary N) is 2. The molecule has 14 N–H and O–H groups in total. The van der Waals surface area contributed by atoms with Crippen LogP contribution in [-0.4, -0.2) is 126 Å². The minimum absolute atomic E-state index is 0.0842. The minimum Gasteiger partial charge on any atom is -0.467 e. The molecule has 15 nitrogen and oxygen atoms in total. The smallest absolute Gasteiger partial charge is 0.250 e. The summed E-state index contributed by atoms with van der Waals surface area (Å²) in [5, 5.41) is 48.1. The zero-order valence-corrected chi connectivity index (χ0v) is 25.3. The fraction of sp³-hybridized carbons (Fsp3) is 0.893. The van der Waals surface area contributed by atoms with Gasteiger partial charge in [0.25, 0.3) is 0 Å². The molecule has 3 aliphatic rings. The maximum Gasteiger partial charge on any atom is 0.250 e. The minimum atomic E-state index is -1.46. The van der Waals surface area contributed by atoms with Crippen LogP contribution in [0.5, 0.6) is 0 Å². The molecular weight excluding hydrogens is 564 g/mol. The summed E-state index contributed by atoms with van der Waals surface area (Å²) in [6.07, 6.45) is -3.90. The van der Waals surface area contributed by atoms with Crippen molar-refractivity contribution in [3.63, 3.8) is 0 Å². The molecule has 15 heteroatoms. The molecule has 3 rings (SSSR count). The quantitative estimate of drug-likeness (QED) is 0.0806. The van der Waals surface area contributed by atoms with Crippen LogP contribution in [0.2, 0.25) is 0 Å². The molecule has 0 aromatic carbocycles. The van der Waals surface area contributed by atoms with E-state index in [9.17, 15) is 25.2 Å². The first-order chi connectivity index (χ1) is 20.5. The molecule has 1 saturated carbocycles. The van der Waals surface area contributed by atoms with Crippen molar-refractivity contribution in [1.29, 1.82) is 0 Å². The van der Waals surface area contributed by atoms with Gasteiger partial charge in [-0.1, -0.05) is 20.3 Å². The Morgan fingerprint density at radius 3 is 2.49 bits per heavy atom. The molecule has 2 heterocycles. The Morgan fingerprint density at radius 1 is 1.09 bits per heavy atom. The Labute approximate surface area is 253 Å². The van der Waals surface area contributed by atoms with E-state index in [0.717, 1.165) is 6.42 Å². The molecule has 0 bridgehead atoms. The summed E-state index contributed by atoms with van der Waals surface area (Å²) in [6.45, 7) is 5.32. The van der Waals surface area contributed by atoms with E-state index in [1.807, 2.05) is 19.9 Å². The molecule has 1 aliphatic carbocycles. The fourth-order valence-corrected chi connectivity index (χ4v) is 5.90. The molecule has 13 atom stereocenters. The van der Waals surface area contributed by atoms with Crippen molar-refractivity contribution in [1.82, 2.24) is 10.6 Å². The van der Waals surface area contributed by atoms with Gasteiger partial charge in [-0.05, 0) is 50.1 Å². The van der Waals surface area contributed by atoms with Gasteiger partial charge in [-0.15, -0.1) is 0 Å². The van der Waals surface area contributed by atoms with E-state index < -0.39 is 73.2 Å². The first-order valence-electron chi connectivity index (χ1n) is 15.4. The van der Waals surface area contributed by atoms with Crippen LogP contribution in [0.25, 0.3) is 0 Å². The SMILES string of the molecule is CC[C@@H]1C(O)C(O[C@H]2C(NC(=O)[C@@H](O)CN)CC(N)[C@@H](O[C@H]3OC(CNCCCC(O)CN)=CC[C@H]3N)[C@@H]2O)OC[C@H]1C. The summed E-state index contributed by atoms with van der Waals surface area (Å²) in [6, 6.07) is -2.14. The highest BCUT2D eigenvalue weighted by atomic mass is 16.7.